The molecule has 0 aliphatic heterocycles. The fourth-order valence-electron chi connectivity index (χ4n) is 0.404. The third-order valence-corrected chi connectivity index (χ3v) is 0.740. The van der Waals surface area contributed by atoms with Gasteiger partial charge in [0.1, 0.15) is 0 Å². The van der Waals surface area contributed by atoms with Gasteiger partial charge in [-0.1, -0.05) is 19.3 Å². The summed E-state index contributed by atoms with van der Waals surface area (Å²) in [7, 11) is 0. The number of aryl methyl sites for hydroxylation is 1. The van der Waals surface area contributed by atoms with Gasteiger partial charge in [-0.15, -0.1) is 5.56 Å². The van der Waals surface area contributed by atoms with Crippen LogP contribution in [0, 0.1) is 13.0 Å². The molecule has 8 heavy (non-hydrogen) atoms. The molecule has 0 fully saturated rings. The third-order valence-electron chi connectivity index (χ3n) is 0.740. The van der Waals surface area contributed by atoms with Gasteiger partial charge in [-0.3, -0.25) is 0 Å². The predicted octanol–water partition coefficient (Wildman–Crippen LogP) is 1.19. The average Bonchev–Trinajstić information content (AvgIpc) is 1.69. The molecule has 0 unspecified atom stereocenters. The van der Waals surface area contributed by atoms with E-state index in [1.807, 2.05) is 6.92 Å². The van der Waals surface area contributed by atoms with Crippen molar-refractivity contribution >= 4 is 0 Å². The molecule has 1 heterocycles. The zero-order chi connectivity index (χ0) is 5.11. The molecule has 39 valence electrons. The van der Waals surface area contributed by atoms with Crippen LogP contribution in [0.25, 0.3) is 0 Å². The normalized spacial score (nSPS) is 7.62. The molecule has 1 radical (unpaired) electrons. The number of nitrogens with zero attached hydrogens (tertiary/aromatic N) is 1. The summed E-state index contributed by atoms with van der Waals surface area (Å²) in [5.74, 6) is 0. The number of rotatable bonds is 0. The summed E-state index contributed by atoms with van der Waals surface area (Å²) in [6, 6.07) is 4.77. The summed E-state index contributed by atoms with van der Waals surface area (Å²) in [6.07, 6.45) is 3.49. The van der Waals surface area contributed by atoms with Crippen LogP contribution in [0.1, 0.15) is 5.56 Å². The van der Waals surface area contributed by atoms with Crippen molar-refractivity contribution in [2.75, 3.05) is 0 Å². The van der Waals surface area contributed by atoms with E-state index in [1.165, 1.54) is 0 Å². The number of hydrogen-bond acceptors (Lipinski definition) is 1. The Morgan fingerprint density at radius 3 is 2.62 bits per heavy atom. The molecule has 0 aliphatic rings. The summed E-state index contributed by atoms with van der Waals surface area (Å²) in [6.45, 7) is 1.97. The van der Waals surface area contributed by atoms with Gasteiger partial charge in [-0.05, 0) is 0 Å². The monoisotopic (exact) mass is 143 g/mol. The van der Waals surface area contributed by atoms with E-state index in [0.29, 0.717) is 0 Å². The first-order valence-corrected chi connectivity index (χ1v) is 2.18. The first kappa shape index (κ1) is 7.73. The van der Waals surface area contributed by atoms with E-state index in [1.54, 1.807) is 18.5 Å². The van der Waals surface area contributed by atoms with E-state index in [0.717, 1.165) is 5.56 Å². The minimum Gasteiger partial charge on any atom is -0.391 e. The van der Waals surface area contributed by atoms with Gasteiger partial charge in [-0.25, -0.2) is 0 Å². The van der Waals surface area contributed by atoms with Gasteiger partial charge >= 0.3 is 18.6 Å². The van der Waals surface area contributed by atoms with Crippen LogP contribution in [0.15, 0.2) is 18.5 Å². The summed E-state index contributed by atoms with van der Waals surface area (Å²) in [5, 5.41) is 0. The van der Waals surface area contributed by atoms with Crippen molar-refractivity contribution in [2.24, 2.45) is 0 Å². The molecular weight excluding hydrogens is 137 g/mol. The summed E-state index contributed by atoms with van der Waals surface area (Å²) in [4.78, 5) is 3.85. The number of pyridine rings is 1. The molecule has 0 aliphatic carbocycles. The van der Waals surface area contributed by atoms with Crippen molar-refractivity contribution in [3.8, 4) is 0 Å². The number of aromatic nitrogens is 1. The van der Waals surface area contributed by atoms with Gasteiger partial charge in [0.25, 0.3) is 0 Å². The molecule has 1 rings (SSSR count). The Kier molecular flexibility index (Phi) is 3.58. The van der Waals surface area contributed by atoms with Gasteiger partial charge in [-0.2, -0.15) is 12.1 Å². The van der Waals surface area contributed by atoms with E-state index < -0.39 is 0 Å². The van der Waals surface area contributed by atoms with Gasteiger partial charge in [0.05, 0.1) is 0 Å². The van der Waals surface area contributed by atoms with E-state index in [4.69, 9.17) is 0 Å². The van der Waals surface area contributed by atoms with E-state index in [-0.39, 0.29) is 18.6 Å². The Morgan fingerprint density at radius 2 is 2.38 bits per heavy atom. The first-order chi connectivity index (χ1) is 3.39. The minimum atomic E-state index is 0. The third kappa shape index (κ3) is 2.15. The quantitative estimate of drug-likeness (QED) is 0.497. The Hall–Kier alpha value is -0.266. The topological polar surface area (TPSA) is 12.9 Å². The van der Waals surface area contributed by atoms with Crippen molar-refractivity contribution in [3.63, 3.8) is 0 Å². The van der Waals surface area contributed by atoms with Crippen molar-refractivity contribution in [3.05, 3.63) is 30.1 Å². The average molecular weight is 143 g/mol. The number of hydrogen-bond donors (Lipinski definition) is 0. The van der Waals surface area contributed by atoms with Crippen molar-refractivity contribution in [1.82, 2.24) is 4.98 Å². The van der Waals surface area contributed by atoms with Crippen LogP contribution in [0.5, 0.6) is 0 Å². The van der Waals surface area contributed by atoms with Crippen LogP contribution < -0.4 is 0 Å². The summed E-state index contributed by atoms with van der Waals surface area (Å²) in [5.41, 5.74) is 1.09. The van der Waals surface area contributed by atoms with Crippen LogP contribution in [0.2, 0.25) is 0 Å². The second kappa shape index (κ2) is 3.70. The molecule has 0 amide bonds. The molecule has 0 saturated carbocycles. The second-order valence-corrected chi connectivity index (χ2v) is 1.42. The molecule has 1 aromatic rings. The molecule has 0 aromatic carbocycles. The Morgan fingerprint density at radius 1 is 1.62 bits per heavy atom. The Bertz CT molecular complexity index is 138. The van der Waals surface area contributed by atoms with Gasteiger partial charge in [0, 0.05) is 0 Å². The van der Waals surface area contributed by atoms with Crippen LogP contribution >= 0.6 is 0 Å². The molecule has 0 spiro atoms. The smallest absolute Gasteiger partial charge is 0.391 e. The van der Waals surface area contributed by atoms with Crippen molar-refractivity contribution in [2.45, 2.75) is 6.92 Å². The Balaban J connectivity index is 0.000000490. The van der Waals surface area contributed by atoms with Crippen LogP contribution in [-0.4, -0.2) is 4.98 Å². The molecule has 1 nitrogen and oxygen atoms in total. The van der Waals surface area contributed by atoms with E-state index in [2.05, 4.69) is 11.1 Å². The van der Waals surface area contributed by atoms with E-state index in [9.17, 15) is 0 Å². The minimum absolute atomic E-state index is 0. The molecule has 2 heteroatoms. The summed E-state index contributed by atoms with van der Waals surface area (Å²) >= 11 is 0. The van der Waals surface area contributed by atoms with Crippen LogP contribution in [0.3, 0.4) is 0 Å². The maximum atomic E-state index is 3.85. The predicted molar refractivity (Wildman–Crippen MR) is 27.8 cm³/mol. The zero-order valence-electron chi connectivity index (χ0n) is 4.63. The maximum absolute atomic E-state index is 3.85. The van der Waals surface area contributed by atoms with Crippen LogP contribution in [-0.2, 0) is 18.6 Å². The first-order valence-electron chi connectivity index (χ1n) is 2.18. The SMILES string of the molecule is Cc1[c-]ccnc1.[V+2]. The van der Waals surface area contributed by atoms with Crippen LogP contribution in [0.4, 0.5) is 0 Å². The molecule has 0 atom stereocenters. The molecule has 0 bridgehead atoms. The van der Waals surface area contributed by atoms with Gasteiger partial charge in [0.15, 0.2) is 0 Å². The largest absolute Gasteiger partial charge is 2.00 e. The standard InChI is InChI=1S/C6H6N.V/c1-6-3-2-4-7-5-6;/h2,4-5H,1H3;/q-1;+2. The van der Waals surface area contributed by atoms with E-state index >= 15 is 0 Å². The fraction of sp³-hybridized carbons (Fsp3) is 0.167. The van der Waals surface area contributed by atoms with Crippen molar-refractivity contribution in [1.29, 1.82) is 0 Å². The second-order valence-electron chi connectivity index (χ2n) is 1.42. The molecule has 0 saturated heterocycles. The van der Waals surface area contributed by atoms with Gasteiger partial charge < -0.3 is 4.98 Å². The molecular formula is C6H6NV+. The van der Waals surface area contributed by atoms with Gasteiger partial charge in [0.2, 0.25) is 0 Å². The molecule has 1 aromatic heterocycles. The fourth-order valence-corrected chi connectivity index (χ4v) is 0.404. The maximum Gasteiger partial charge on any atom is 2.00 e. The molecule has 0 N–H and O–H groups in total. The van der Waals surface area contributed by atoms with Crippen molar-refractivity contribution < 1.29 is 18.6 Å². The summed E-state index contributed by atoms with van der Waals surface area (Å²) < 4.78 is 0. The Labute approximate surface area is 61.0 Å². The zero-order valence-corrected chi connectivity index (χ0v) is 6.02.